The Morgan fingerprint density at radius 3 is 2.45 bits per heavy atom. The fourth-order valence-electron chi connectivity index (χ4n) is 2.18. The van der Waals surface area contributed by atoms with Crippen molar-refractivity contribution in [3.8, 4) is 5.69 Å². The van der Waals surface area contributed by atoms with E-state index >= 15 is 0 Å². The van der Waals surface area contributed by atoms with E-state index < -0.39 is 0 Å². The molecule has 2 heterocycles. The van der Waals surface area contributed by atoms with Gasteiger partial charge >= 0.3 is 0 Å². The van der Waals surface area contributed by atoms with Crippen LogP contribution in [0.2, 0.25) is 0 Å². The molecule has 2 aromatic heterocycles. The summed E-state index contributed by atoms with van der Waals surface area (Å²) in [6, 6.07) is 12.2. The summed E-state index contributed by atoms with van der Waals surface area (Å²) >= 11 is 8.58. The number of hydrogen-bond donors (Lipinski definition) is 0. The van der Waals surface area contributed by atoms with Gasteiger partial charge in [-0.25, -0.2) is 9.97 Å². The molecule has 3 aromatic rings. The molecule has 0 saturated carbocycles. The van der Waals surface area contributed by atoms with Crippen LogP contribution in [0, 0.1) is 10.5 Å². The molecule has 3 rings (SSSR count). The van der Waals surface area contributed by atoms with Crippen LogP contribution in [0.25, 0.3) is 16.9 Å². The summed E-state index contributed by atoms with van der Waals surface area (Å²) in [5.74, 6) is 0.820. The number of alkyl halides is 1. The molecule has 102 valence electrons. The molecule has 1 aromatic carbocycles. The van der Waals surface area contributed by atoms with E-state index in [1.54, 1.807) is 0 Å². The number of imidazole rings is 1. The predicted octanol–water partition coefficient (Wildman–Crippen LogP) is 4.63. The van der Waals surface area contributed by atoms with Gasteiger partial charge in [-0.2, -0.15) is 0 Å². The molecule has 0 aliphatic heterocycles. The number of pyridine rings is 1. The standard InChI is InChI=1S/C15H13ClIN3/c1-9-3-8-13-15(18-9)20(14(19-13)10(2)16)12-6-4-11(17)5-7-12/h3-8,10H,1-2H3. The molecule has 0 spiro atoms. The van der Waals surface area contributed by atoms with Crippen molar-refractivity contribution in [1.82, 2.24) is 14.5 Å². The van der Waals surface area contributed by atoms with Crippen molar-refractivity contribution in [2.24, 2.45) is 0 Å². The van der Waals surface area contributed by atoms with Gasteiger partial charge in [-0.1, -0.05) is 0 Å². The number of aromatic nitrogens is 3. The third-order valence-electron chi connectivity index (χ3n) is 3.11. The number of benzene rings is 1. The normalized spacial score (nSPS) is 12.8. The number of rotatable bonds is 2. The van der Waals surface area contributed by atoms with Gasteiger partial charge in [0.2, 0.25) is 0 Å². The lowest BCUT2D eigenvalue weighted by molar-refractivity contribution is 0.876. The Hall–Kier alpha value is -1.14. The third kappa shape index (κ3) is 2.42. The monoisotopic (exact) mass is 397 g/mol. The van der Waals surface area contributed by atoms with Gasteiger partial charge in [-0.05, 0) is 72.8 Å². The molecule has 0 saturated heterocycles. The predicted molar refractivity (Wildman–Crippen MR) is 90.6 cm³/mol. The van der Waals surface area contributed by atoms with Crippen molar-refractivity contribution in [3.63, 3.8) is 0 Å². The number of fused-ring (bicyclic) bond motifs is 1. The van der Waals surface area contributed by atoms with Gasteiger partial charge in [-0.15, -0.1) is 11.6 Å². The van der Waals surface area contributed by atoms with Crippen molar-refractivity contribution in [2.45, 2.75) is 19.2 Å². The number of aryl methyl sites for hydroxylation is 1. The Morgan fingerprint density at radius 2 is 1.80 bits per heavy atom. The van der Waals surface area contributed by atoms with Crippen LogP contribution in [0.5, 0.6) is 0 Å². The Kier molecular flexibility index (Phi) is 3.69. The summed E-state index contributed by atoms with van der Waals surface area (Å²) in [5.41, 5.74) is 3.73. The van der Waals surface area contributed by atoms with Crippen LogP contribution in [-0.4, -0.2) is 14.5 Å². The van der Waals surface area contributed by atoms with E-state index in [0.717, 1.165) is 28.4 Å². The Morgan fingerprint density at radius 1 is 1.10 bits per heavy atom. The first-order valence-corrected chi connectivity index (χ1v) is 7.84. The first-order valence-electron chi connectivity index (χ1n) is 6.32. The number of hydrogen-bond acceptors (Lipinski definition) is 2. The van der Waals surface area contributed by atoms with Crippen LogP contribution < -0.4 is 0 Å². The molecule has 20 heavy (non-hydrogen) atoms. The SMILES string of the molecule is Cc1ccc2nc(C(C)Cl)n(-c3ccc(I)cc3)c2n1. The van der Waals surface area contributed by atoms with Gasteiger partial charge in [-0.3, -0.25) is 4.57 Å². The maximum Gasteiger partial charge on any atom is 0.164 e. The van der Waals surface area contributed by atoms with Crippen molar-refractivity contribution in [3.05, 3.63) is 51.5 Å². The van der Waals surface area contributed by atoms with E-state index in [1.165, 1.54) is 3.57 Å². The lowest BCUT2D eigenvalue weighted by atomic mass is 10.3. The molecular formula is C15H13ClIN3. The fourth-order valence-corrected chi connectivity index (χ4v) is 2.69. The topological polar surface area (TPSA) is 30.7 Å². The molecule has 0 radical (unpaired) electrons. The van der Waals surface area contributed by atoms with Gasteiger partial charge in [0.05, 0.1) is 5.38 Å². The van der Waals surface area contributed by atoms with Gasteiger partial charge in [0.25, 0.3) is 0 Å². The average Bonchev–Trinajstić information content (AvgIpc) is 2.78. The van der Waals surface area contributed by atoms with Gasteiger partial charge in [0.1, 0.15) is 11.3 Å². The molecule has 0 aliphatic carbocycles. The maximum atomic E-state index is 6.29. The van der Waals surface area contributed by atoms with Crippen LogP contribution in [-0.2, 0) is 0 Å². The van der Waals surface area contributed by atoms with E-state index in [1.807, 2.05) is 30.5 Å². The van der Waals surface area contributed by atoms with Crippen LogP contribution in [0.4, 0.5) is 0 Å². The average molecular weight is 398 g/mol. The Bertz CT molecular complexity index is 763. The quantitative estimate of drug-likeness (QED) is 0.466. The minimum Gasteiger partial charge on any atom is -0.279 e. The molecule has 0 fully saturated rings. The third-order valence-corrected chi connectivity index (χ3v) is 4.02. The van der Waals surface area contributed by atoms with E-state index in [2.05, 4.69) is 56.8 Å². The Labute approximate surface area is 136 Å². The minimum atomic E-state index is -0.177. The van der Waals surface area contributed by atoms with Gasteiger partial charge in [0.15, 0.2) is 5.65 Å². The highest BCUT2D eigenvalue weighted by Crippen LogP contribution is 2.27. The Balaban J connectivity index is 2.33. The van der Waals surface area contributed by atoms with Crippen molar-refractivity contribution in [2.75, 3.05) is 0 Å². The minimum absolute atomic E-state index is 0.177. The highest BCUT2D eigenvalue weighted by atomic mass is 127. The van der Waals surface area contributed by atoms with Crippen LogP contribution in [0.1, 0.15) is 23.8 Å². The molecule has 1 atom stereocenters. The number of nitrogens with zero attached hydrogens (tertiary/aromatic N) is 3. The molecular weight excluding hydrogens is 385 g/mol. The molecule has 3 nitrogen and oxygen atoms in total. The van der Waals surface area contributed by atoms with E-state index in [9.17, 15) is 0 Å². The summed E-state index contributed by atoms with van der Waals surface area (Å²) < 4.78 is 3.23. The zero-order valence-corrected chi connectivity index (χ0v) is 14.1. The summed E-state index contributed by atoms with van der Waals surface area (Å²) in [6.45, 7) is 3.91. The first-order chi connectivity index (χ1) is 9.56. The zero-order chi connectivity index (χ0) is 14.3. The van der Waals surface area contributed by atoms with Gasteiger partial charge < -0.3 is 0 Å². The zero-order valence-electron chi connectivity index (χ0n) is 11.1. The van der Waals surface area contributed by atoms with E-state index in [0.29, 0.717) is 0 Å². The first kappa shape index (κ1) is 13.8. The summed E-state index contributed by atoms with van der Waals surface area (Å²) in [7, 11) is 0. The van der Waals surface area contributed by atoms with Gasteiger partial charge in [0, 0.05) is 15.0 Å². The highest BCUT2D eigenvalue weighted by Gasteiger charge is 2.17. The molecule has 0 N–H and O–H groups in total. The second kappa shape index (κ2) is 5.33. The van der Waals surface area contributed by atoms with Crippen LogP contribution >= 0.6 is 34.2 Å². The fraction of sp³-hybridized carbons (Fsp3) is 0.200. The van der Waals surface area contributed by atoms with Crippen molar-refractivity contribution < 1.29 is 0 Å². The van der Waals surface area contributed by atoms with Crippen molar-refractivity contribution in [1.29, 1.82) is 0 Å². The lowest BCUT2D eigenvalue weighted by Crippen LogP contribution is -2.03. The summed E-state index contributed by atoms with van der Waals surface area (Å²) in [5, 5.41) is -0.177. The summed E-state index contributed by atoms with van der Waals surface area (Å²) in [4.78, 5) is 9.24. The highest BCUT2D eigenvalue weighted by molar-refractivity contribution is 14.1. The second-order valence-corrected chi connectivity index (χ2v) is 6.59. The van der Waals surface area contributed by atoms with E-state index in [4.69, 9.17) is 11.6 Å². The van der Waals surface area contributed by atoms with Crippen LogP contribution in [0.3, 0.4) is 0 Å². The number of halogens is 2. The molecule has 0 aliphatic rings. The maximum absolute atomic E-state index is 6.29. The molecule has 1 unspecified atom stereocenters. The van der Waals surface area contributed by atoms with E-state index in [-0.39, 0.29) is 5.38 Å². The lowest BCUT2D eigenvalue weighted by Gasteiger charge is -2.10. The molecule has 0 bridgehead atoms. The second-order valence-electron chi connectivity index (χ2n) is 4.69. The smallest absolute Gasteiger partial charge is 0.164 e. The van der Waals surface area contributed by atoms with Crippen LogP contribution in [0.15, 0.2) is 36.4 Å². The largest absolute Gasteiger partial charge is 0.279 e. The van der Waals surface area contributed by atoms with Crippen molar-refractivity contribution >= 4 is 45.4 Å². The molecule has 5 heteroatoms. The summed E-state index contributed by atoms with van der Waals surface area (Å²) in [6.07, 6.45) is 0. The molecule has 0 amide bonds.